The number of thiazole rings is 1. The van der Waals surface area contributed by atoms with Crippen molar-refractivity contribution < 1.29 is 19.4 Å². The molecule has 1 fully saturated rings. The number of amides is 1. The Morgan fingerprint density at radius 1 is 1.03 bits per heavy atom. The number of Topliss-reactive ketones (excluding diaryl/α,β-unsaturated/α-hetero) is 1. The number of carbonyl (C=O) groups excluding carboxylic acids is 2. The average molecular weight is 513 g/mol. The monoisotopic (exact) mass is 512 g/mol. The van der Waals surface area contributed by atoms with Gasteiger partial charge >= 0.3 is 5.91 Å². The molecule has 1 saturated heterocycles. The molecule has 2 heterocycles. The minimum Gasteiger partial charge on any atom is -0.507 e. The van der Waals surface area contributed by atoms with E-state index in [0.29, 0.717) is 22.4 Å². The van der Waals surface area contributed by atoms with Gasteiger partial charge in [0.15, 0.2) is 5.13 Å². The van der Waals surface area contributed by atoms with Gasteiger partial charge in [0.05, 0.1) is 28.9 Å². The molecule has 1 amide bonds. The zero-order valence-corrected chi connectivity index (χ0v) is 22.2. The minimum absolute atomic E-state index is 0.0413. The first kappa shape index (κ1) is 24.7. The van der Waals surface area contributed by atoms with Crippen LogP contribution in [0.2, 0.25) is 0 Å². The number of benzene rings is 3. The molecule has 0 spiro atoms. The Labute approximate surface area is 219 Å². The predicted octanol–water partition coefficient (Wildman–Crippen LogP) is 6.67. The number of ketones is 1. The van der Waals surface area contributed by atoms with Gasteiger partial charge in [0, 0.05) is 5.56 Å². The second-order valence-electron chi connectivity index (χ2n) is 9.64. The van der Waals surface area contributed by atoms with Crippen molar-refractivity contribution in [2.45, 2.75) is 39.7 Å². The van der Waals surface area contributed by atoms with Gasteiger partial charge in [0.1, 0.15) is 11.5 Å². The lowest BCUT2D eigenvalue weighted by Crippen LogP contribution is -2.29. The highest BCUT2D eigenvalue weighted by atomic mass is 32.1. The zero-order chi connectivity index (χ0) is 26.4. The zero-order valence-electron chi connectivity index (χ0n) is 21.4. The van der Waals surface area contributed by atoms with Gasteiger partial charge in [-0.3, -0.25) is 14.5 Å². The molecule has 1 N–H and O–H groups in total. The molecule has 0 bridgehead atoms. The molecule has 6 nitrogen and oxygen atoms in total. The van der Waals surface area contributed by atoms with Gasteiger partial charge < -0.3 is 9.84 Å². The molecule has 5 rings (SSSR count). The SMILES string of the molecule is COc1ccc(/C(O)=C2\C(=O)C(=O)N(c3nc4c(C)cc(C)cc4s3)C2c2ccc(C(C)C)cc2)cc1. The van der Waals surface area contributed by atoms with Crippen molar-refractivity contribution in [3.8, 4) is 5.75 Å². The van der Waals surface area contributed by atoms with Crippen LogP contribution in [0.1, 0.15) is 53.6 Å². The summed E-state index contributed by atoms with van der Waals surface area (Å²) in [6.07, 6.45) is 0. The second kappa shape index (κ2) is 9.48. The number of aliphatic hydroxyl groups excluding tert-OH is 1. The molecule has 1 aliphatic rings. The smallest absolute Gasteiger partial charge is 0.301 e. The Balaban J connectivity index is 1.71. The highest BCUT2D eigenvalue weighted by molar-refractivity contribution is 7.22. The number of nitrogens with zero attached hydrogens (tertiary/aromatic N) is 2. The normalized spacial score (nSPS) is 17.2. The summed E-state index contributed by atoms with van der Waals surface area (Å²) < 4.78 is 6.16. The molecule has 3 aromatic carbocycles. The standard InChI is InChI=1S/C30H28N2O4S/c1-16(2)19-6-8-20(9-7-19)26-24(27(33)21-10-12-22(36-5)13-11-21)28(34)29(35)32(26)30-31-25-18(4)14-17(3)15-23(25)37-30/h6-16,26,33H,1-5H3/b27-24+. The highest BCUT2D eigenvalue weighted by Gasteiger charge is 2.48. The Kier molecular flexibility index (Phi) is 6.33. The summed E-state index contributed by atoms with van der Waals surface area (Å²) in [5, 5.41) is 11.8. The van der Waals surface area contributed by atoms with Crippen LogP contribution in [-0.2, 0) is 9.59 Å². The minimum atomic E-state index is -0.815. The number of methoxy groups -OCH3 is 1. The lowest BCUT2D eigenvalue weighted by molar-refractivity contribution is -0.132. The van der Waals surface area contributed by atoms with Crippen LogP contribution < -0.4 is 9.64 Å². The summed E-state index contributed by atoms with van der Waals surface area (Å²) in [5.74, 6) is -0.720. The molecule has 1 aliphatic heterocycles. The van der Waals surface area contributed by atoms with Crippen molar-refractivity contribution in [2.24, 2.45) is 0 Å². The third-order valence-corrected chi connectivity index (χ3v) is 7.75. The average Bonchev–Trinajstić information content (AvgIpc) is 3.42. The highest BCUT2D eigenvalue weighted by Crippen LogP contribution is 2.45. The number of hydrogen-bond donors (Lipinski definition) is 1. The van der Waals surface area contributed by atoms with E-state index in [-0.39, 0.29) is 11.3 Å². The Morgan fingerprint density at radius 3 is 2.32 bits per heavy atom. The third-order valence-electron chi connectivity index (χ3n) is 6.75. The topological polar surface area (TPSA) is 79.7 Å². The maximum Gasteiger partial charge on any atom is 0.301 e. The first-order chi connectivity index (χ1) is 17.7. The molecule has 37 heavy (non-hydrogen) atoms. The summed E-state index contributed by atoms with van der Waals surface area (Å²) in [4.78, 5) is 33.2. The van der Waals surface area contributed by atoms with E-state index in [1.807, 2.05) is 50.2 Å². The molecule has 0 radical (unpaired) electrons. The lowest BCUT2D eigenvalue weighted by atomic mass is 9.93. The quantitative estimate of drug-likeness (QED) is 0.183. The number of carbonyl (C=O) groups is 2. The van der Waals surface area contributed by atoms with Crippen molar-refractivity contribution in [2.75, 3.05) is 12.0 Å². The van der Waals surface area contributed by atoms with Crippen LogP contribution in [-0.4, -0.2) is 28.9 Å². The van der Waals surface area contributed by atoms with Crippen LogP contribution in [0.4, 0.5) is 5.13 Å². The van der Waals surface area contributed by atoms with Gasteiger partial charge in [-0.2, -0.15) is 0 Å². The van der Waals surface area contributed by atoms with Crippen LogP contribution >= 0.6 is 11.3 Å². The largest absolute Gasteiger partial charge is 0.507 e. The van der Waals surface area contributed by atoms with Crippen molar-refractivity contribution in [3.05, 3.63) is 94.1 Å². The van der Waals surface area contributed by atoms with Gasteiger partial charge in [0.2, 0.25) is 0 Å². The van der Waals surface area contributed by atoms with Crippen molar-refractivity contribution in [1.82, 2.24) is 4.98 Å². The summed E-state index contributed by atoms with van der Waals surface area (Å²) in [6, 6.07) is 17.9. The number of rotatable bonds is 5. The number of aryl methyl sites for hydroxylation is 2. The maximum atomic E-state index is 13.5. The van der Waals surface area contributed by atoms with Gasteiger partial charge in [-0.25, -0.2) is 4.98 Å². The Morgan fingerprint density at radius 2 is 1.70 bits per heavy atom. The second-order valence-corrected chi connectivity index (χ2v) is 10.7. The van der Waals surface area contributed by atoms with Crippen molar-refractivity contribution in [3.63, 3.8) is 0 Å². The summed E-state index contributed by atoms with van der Waals surface area (Å²) in [7, 11) is 1.56. The fraction of sp³-hybridized carbons (Fsp3) is 0.233. The molecule has 188 valence electrons. The first-order valence-corrected chi connectivity index (χ1v) is 12.9. The molecular formula is C30H28N2O4S. The van der Waals surface area contributed by atoms with Gasteiger partial charge in [-0.05, 0) is 72.4 Å². The fourth-order valence-corrected chi connectivity index (χ4v) is 5.94. The molecule has 7 heteroatoms. The van der Waals surface area contributed by atoms with Crippen molar-refractivity contribution in [1.29, 1.82) is 0 Å². The van der Waals surface area contributed by atoms with Crippen LogP contribution in [0.25, 0.3) is 16.0 Å². The molecule has 1 aromatic heterocycles. The van der Waals surface area contributed by atoms with E-state index in [4.69, 9.17) is 9.72 Å². The van der Waals surface area contributed by atoms with Crippen LogP contribution in [0.3, 0.4) is 0 Å². The summed E-state index contributed by atoms with van der Waals surface area (Å²) in [6.45, 7) is 8.22. The summed E-state index contributed by atoms with van der Waals surface area (Å²) in [5.41, 5.74) is 5.25. The van der Waals surface area contributed by atoms with Gasteiger partial charge in [0.25, 0.3) is 5.78 Å². The molecule has 0 aliphatic carbocycles. The van der Waals surface area contributed by atoms with Crippen LogP contribution in [0.5, 0.6) is 5.75 Å². The lowest BCUT2D eigenvalue weighted by Gasteiger charge is -2.23. The first-order valence-electron chi connectivity index (χ1n) is 12.1. The Bertz CT molecular complexity index is 1550. The van der Waals surface area contributed by atoms with E-state index < -0.39 is 17.7 Å². The maximum absolute atomic E-state index is 13.5. The number of aromatic nitrogens is 1. The Hall–Kier alpha value is -3.97. The number of fused-ring (bicyclic) bond motifs is 1. The molecule has 4 aromatic rings. The van der Waals surface area contributed by atoms with E-state index in [0.717, 1.165) is 32.5 Å². The van der Waals surface area contributed by atoms with Gasteiger partial charge in [-0.15, -0.1) is 0 Å². The van der Waals surface area contributed by atoms with E-state index >= 15 is 0 Å². The van der Waals surface area contributed by atoms with Crippen molar-refractivity contribution >= 4 is 44.1 Å². The third kappa shape index (κ3) is 4.29. The molecular weight excluding hydrogens is 484 g/mol. The molecule has 0 saturated carbocycles. The van der Waals surface area contributed by atoms with Gasteiger partial charge in [-0.1, -0.05) is 55.5 Å². The predicted molar refractivity (Wildman–Crippen MR) is 147 cm³/mol. The molecule has 1 atom stereocenters. The van der Waals surface area contributed by atoms with E-state index in [9.17, 15) is 14.7 Å². The van der Waals surface area contributed by atoms with E-state index in [2.05, 4.69) is 13.8 Å². The molecule has 1 unspecified atom stereocenters. The van der Waals surface area contributed by atoms with Crippen LogP contribution in [0.15, 0.2) is 66.2 Å². The number of aliphatic hydroxyl groups is 1. The number of hydrogen-bond acceptors (Lipinski definition) is 6. The number of ether oxygens (including phenoxy) is 1. The fourth-order valence-electron chi connectivity index (χ4n) is 4.77. The van der Waals surface area contributed by atoms with E-state index in [1.54, 1.807) is 31.4 Å². The van der Waals surface area contributed by atoms with E-state index in [1.165, 1.54) is 16.2 Å². The number of anilines is 1. The summed E-state index contributed by atoms with van der Waals surface area (Å²) >= 11 is 1.37. The van der Waals surface area contributed by atoms with Crippen LogP contribution in [0, 0.1) is 13.8 Å².